The van der Waals surface area contributed by atoms with Crippen molar-refractivity contribution in [2.75, 3.05) is 32.8 Å². The largest absolute Gasteiger partial charge is 0.466 e. The second kappa shape index (κ2) is 7.79. The van der Waals surface area contributed by atoms with Crippen molar-refractivity contribution in [2.45, 2.75) is 38.5 Å². The molecule has 2 saturated heterocycles. The van der Waals surface area contributed by atoms with Gasteiger partial charge in [-0.05, 0) is 45.7 Å². The molecule has 7 nitrogen and oxygen atoms in total. The van der Waals surface area contributed by atoms with Gasteiger partial charge in [0.15, 0.2) is 11.6 Å². The Balaban J connectivity index is 1.55. The number of nitrogens with zero attached hydrogens (tertiary/aromatic N) is 2. The van der Waals surface area contributed by atoms with E-state index in [4.69, 9.17) is 9.15 Å². The smallest absolute Gasteiger partial charge is 0.309 e. The molecule has 0 aromatic carbocycles. The van der Waals surface area contributed by atoms with Gasteiger partial charge in [-0.25, -0.2) is 4.98 Å². The lowest BCUT2D eigenvalue weighted by Gasteiger charge is -2.30. The van der Waals surface area contributed by atoms with Crippen LogP contribution in [0.1, 0.15) is 54.9 Å². The number of amides is 1. The summed E-state index contributed by atoms with van der Waals surface area (Å²) in [5, 5.41) is 3.31. The van der Waals surface area contributed by atoms with E-state index >= 15 is 0 Å². The maximum atomic E-state index is 12.6. The molecule has 7 heteroatoms. The molecule has 0 atom stereocenters. The molecule has 2 aliphatic heterocycles. The van der Waals surface area contributed by atoms with Crippen LogP contribution in [0.4, 0.5) is 0 Å². The van der Waals surface area contributed by atoms with Gasteiger partial charge >= 0.3 is 5.97 Å². The first kappa shape index (κ1) is 17.0. The van der Waals surface area contributed by atoms with Gasteiger partial charge in [0.2, 0.25) is 0 Å². The molecule has 3 rings (SSSR count). The summed E-state index contributed by atoms with van der Waals surface area (Å²) in [6.45, 7) is 5.22. The summed E-state index contributed by atoms with van der Waals surface area (Å²) in [6, 6.07) is 0. The number of carbonyl (C=O) groups is 2. The highest BCUT2D eigenvalue weighted by molar-refractivity contribution is 5.92. The van der Waals surface area contributed by atoms with E-state index in [1.54, 1.807) is 11.8 Å². The Labute approximate surface area is 141 Å². The van der Waals surface area contributed by atoms with E-state index in [0.717, 1.165) is 25.9 Å². The number of hydrogen-bond acceptors (Lipinski definition) is 6. The number of carbonyl (C=O) groups excluding carboxylic acids is 2. The molecule has 3 heterocycles. The van der Waals surface area contributed by atoms with Crippen molar-refractivity contribution in [2.24, 2.45) is 5.92 Å². The number of likely N-dealkylation sites (tertiary alicyclic amines) is 1. The first-order chi connectivity index (χ1) is 11.7. The van der Waals surface area contributed by atoms with E-state index in [9.17, 15) is 9.59 Å². The quantitative estimate of drug-likeness (QED) is 0.841. The van der Waals surface area contributed by atoms with Gasteiger partial charge in [0.05, 0.1) is 12.5 Å². The highest BCUT2D eigenvalue weighted by atomic mass is 16.5. The number of aromatic nitrogens is 1. The molecule has 0 unspecified atom stereocenters. The molecule has 2 aliphatic rings. The molecule has 0 radical (unpaired) electrons. The van der Waals surface area contributed by atoms with Gasteiger partial charge in [-0.2, -0.15) is 0 Å². The van der Waals surface area contributed by atoms with Crippen LogP contribution in [0.5, 0.6) is 0 Å². The number of hydrogen-bond donors (Lipinski definition) is 1. The van der Waals surface area contributed by atoms with Crippen molar-refractivity contribution in [3.8, 4) is 0 Å². The minimum atomic E-state index is -0.153. The van der Waals surface area contributed by atoms with E-state index in [-0.39, 0.29) is 17.8 Å². The van der Waals surface area contributed by atoms with Crippen molar-refractivity contribution < 1.29 is 18.7 Å². The van der Waals surface area contributed by atoms with Gasteiger partial charge in [-0.15, -0.1) is 0 Å². The molecular weight excluding hydrogens is 310 g/mol. The number of nitrogens with one attached hydrogen (secondary N) is 1. The Bertz CT molecular complexity index is 572. The van der Waals surface area contributed by atoms with Crippen LogP contribution < -0.4 is 5.32 Å². The number of rotatable bonds is 4. The topological polar surface area (TPSA) is 84.7 Å². The monoisotopic (exact) mass is 335 g/mol. The average molecular weight is 335 g/mol. The van der Waals surface area contributed by atoms with Crippen LogP contribution in [-0.2, 0) is 9.53 Å². The normalized spacial score (nSPS) is 20.1. The number of piperidine rings is 2. The Morgan fingerprint density at radius 2 is 2.00 bits per heavy atom. The standard InChI is InChI=1S/C17H25N3O4/c1-2-23-17(22)13-5-9-20(10-6-13)16(21)14-11-24-15(19-14)12-3-7-18-8-4-12/h11-13,18H,2-10H2,1H3. The molecule has 132 valence electrons. The number of esters is 1. The molecule has 0 bridgehead atoms. The van der Waals surface area contributed by atoms with Crippen molar-refractivity contribution in [1.82, 2.24) is 15.2 Å². The zero-order valence-electron chi connectivity index (χ0n) is 14.1. The van der Waals surface area contributed by atoms with E-state index in [2.05, 4.69) is 10.3 Å². The highest BCUT2D eigenvalue weighted by Gasteiger charge is 2.30. The predicted octanol–water partition coefficient (Wildman–Crippen LogP) is 1.56. The Kier molecular flexibility index (Phi) is 5.50. The summed E-state index contributed by atoms with van der Waals surface area (Å²) in [7, 11) is 0. The van der Waals surface area contributed by atoms with Gasteiger partial charge in [-0.3, -0.25) is 9.59 Å². The van der Waals surface area contributed by atoms with Crippen LogP contribution in [0.15, 0.2) is 10.7 Å². The second-order valence-corrected chi connectivity index (χ2v) is 6.41. The average Bonchev–Trinajstić information content (AvgIpc) is 3.12. The predicted molar refractivity (Wildman–Crippen MR) is 86.6 cm³/mol. The van der Waals surface area contributed by atoms with Gasteiger partial charge in [0.25, 0.3) is 5.91 Å². The third kappa shape index (κ3) is 3.77. The van der Waals surface area contributed by atoms with Crippen molar-refractivity contribution >= 4 is 11.9 Å². The van der Waals surface area contributed by atoms with Crippen molar-refractivity contribution in [3.63, 3.8) is 0 Å². The van der Waals surface area contributed by atoms with Crippen LogP contribution in [0.25, 0.3) is 0 Å². The van der Waals surface area contributed by atoms with Gasteiger partial charge < -0.3 is 19.4 Å². The second-order valence-electron chi connectivity index (χ2n) is 6.41. The molecule has 0 aliphatic carbocycles. The van der Waals surface area contributed by atoms with E-state index in [1.165, 1.54) is 6.26 Å². The first-order valence-electron chi connectivity index (χ1n) is 8.81. The molecule has 1 aromatic heterocycles. The van der Waals surface area contributed by atoms with Crippen LogP contribution in [-0.4, -0.2) is 54.5 Å². The minimum Gasteiger partial charge on any atom is -0.466 e. The van der Waals surface area contributed by atoms with Crippen LogP contribution in [0.3, 0.4) is 0 Å². The molecule has 0 saturated carbocycles. The zero-order chi connectivity index (χ0) is 16.9. The third-order valence-electron chi connectivity index (χ3n) is 4.83. The number of ether oxygens (including phenoxy) is 1. The molecule has 1 aromatic rings. The summed E-state index contributed by atoms with van der Waals surface area (Å²) in [4.78, 5) is 30.5. The summed E-state index contributed by atoms with van der Waals surface area (Å²) < 4.78 is 10.6. The summed E-state index contributed by atoms with van der Waals surface area (Å²) in [5.41, 5.74) is 0.373. The van der Waals surface area contributed by atoms with Crippen LogP contribution in [0, 0.1) is 5.92 Å². The molecular formula is C17H25N3O4. The maximum Gasteiger partial charge on any atom is 0.309 e. The lowest BCUT2D eigenvalue weighted by atomic mass is 9.97. The Morgan fingerprint density at radius 3 is 2.67 bits per heavy atom. The summed E-state index contributed by atoms with van der Waals surface area (Å²) in [5.74, 6) is 0.598. The molecule has 2 fully saturated rings. The highest BCUT2D eigenvalue weighted by Crippen LogP contribution is 2.25. The number of oxazole rings is 1. The van der Waals surface area contributed by atoms with E-state index < -0.39 is 0 Å². The first-order valence-corrected chi connectivity index (χ1v) is 8.81. The summed E-state index contributed by atoms with van der Waals surface area (Å²) in [6.07, 6.45) is 4.72. The molecule has 1 N–H and O–H groups in total. The van der Waals surface area contributed by atoms with E-state index in [0.29, 0.717) is 50.0 Å². The Morgan fingerprint density at radius 1 is 1.29 bits per heavy atom. The van der Waals surface area contributed by atoms with Crippen molar-refractivity contribution in [3.05, 3.63) is 17.8 Å². The lowest BCUT2D eigenvalue weighted by molar-refractivity contribution is -0.149. The van der Waals surface area contributed by atoms with Crippen molar-refractivity contribution in [1.29, 1.82) is 0 Å². The Hall–Kier alpha value is -1.89. The minimum absolute atomic E-state index is 0.100. The fraction of sp³-hybridized carbons (Fsp3) is 0.706. The lowest BCUT2D eigenvalue weighted by Crippen LogP contribution is -2.40. The fourth-order valence-corrected chi connectivity index (χ4v) is 3.38. The molecule has 1 amide bonds. The van der Waals surface area contributed by atoms with Gasteiger partial charge in [0.1, 0.15) is 6.26 Å². The van der Waals surface area contributed by atoms with E-state index in [1.807, 2.05) is 0 Å². The maximum absolute atomic E-state index is 12.6. The van der Waals surface area contributed by atoms with Gasteiger partial charge in [0, 0.05) is 19.0 Å². The van der Waals surface area contributed by atoms with Gasteiger partial charge in [-0.1, -0.05) is 0 Å². The fourth-order valence-electron chi connectivity index (χ4n) is 3.38. The van der Waals surface area contributed by atoms with Crippen LogP contribution >= 0.6 is 0 Å². The molecule has 24 heavy (non-hydrogen) atoms. The van der Waals surface area contributed by atoms with Crippen LogP contribution in [0.2, 0.25) is 0 Å². The SMILES string of the molecule is CCOC(=O)C1CCN(C(=O)c2coc(C3CCNCC3)n2)CC1. The summed E-state index contributed by atoms with van der Waals surface area (Å²) >= 11 is 0. The zero-order valence-corrected chi connectivity index (χ0v) is 14.1. The molecule has 0 spiro atoms. The third-order valence-corrected chi connectivity index (χ3v) is 4.83.